The number of ether oxygens (including phenoxy) is 2. The Hall–Kier alpha value is -2.00. The molecule has 2 rings (SSSR count). The zero-order valence-electron chi connectivity index (χ0n) is 10.6. The van der Waals surface area contributed by atoms with Crippen LogP contribution in [0, 0.1) is 0 Å². The van der Waals surface area contributed by atoms with E-state index in [-0.39, 0.29) is 0 Å². The summed E-state index contributed by atoms with van der Waals surface area (Å²) in [6.07, 6.45) is 0. The summed E-state index contributed by atoms with van der Waals surface area (Å²) in [5.41, 5.74) is 1.23. The molecule has 0 spiro atoms. The summed E-state index contributed by atoms with van der Waals surface area (Å²) >= 11 is 0. The Morgan fingerprint density at radius 3 is 2.22 bits per heavy atom. The molecule has 0 unspecified atom stereocenters. The third-order valence-corrected chi connectivity index (χ3v) is 2.60. The Morgan fingerprint density at radius 2 is 1.61 bits per heavy atom. The second-order valence-electron chi connectivity index (χ2n) is 3.93. The Labute approximate surface area is 107 Å². The van der Waals surface area contributed by atoms with Crippen molar-refractivity contribution < 1.29 is 9.47 Å². The van der Waals surface area contributed by atoms with E-state index in [1.165, 1.54) is 5.56 Å². The molecule has 0 heterocycles. The SMILES string of the molecule is CNCc1ccc(Oc2ccccc2OC)cc1. The lowest BCUT2D eigenvalue weighted by Gasteiger charge is -2.10. The highest BCUT2D eigenvalue weighted by Gasteiger charge is 2.03. The van der Waals surface area contributed by atoms with Gasteiger partial charge in [0.15, 0.2) is 11.5 Å². The highest BCUT2D eigenvalue weighted by Crippen LogP contribution is 2.30. The molecule has 0 aromatic heterocycles. The van der Waals surface area contributed by atoms with Crippen LogP contribution >= 0.6 is 0 Å². The van der Waals surface area contributed by atoms with E-state index in [4.69, 9.17) is 9.47 Å². The molecule has 0 amide bonds. The van der Waals surface area contributed by atoms with Crippen LogP contribution in [0.25, 0.3) is 0 Å². The minimum absolute atomic E-state index is 0.723. The molecule has 3 nitrogen and oxygen atoms in total. The highest BCUT2D eigenvalue weighted by atomic mass is 16.5. The number of benzene rings is 2. The van der Waals surface area contributed by atoms with Crippen LogP contribution in [-0.2, 0) is 6.54 Å². The Bertz CT molecular complexity index is 494. The van der Waals surface area contributed by atoms with Gasteiger partial charge < -0.3 is 14.8 Å². The Balaban J connectivity index is 2.13. The summed E-state index contributed by atoms with van der Waals surface area (Å²) in [6, 6.07) is 15.6. The van der Waals surface area contributed by atoms with Gasteiger partial charge in [-0.15, -0.1) is 0 Å². The summed E-state index contributed by atoms with van der Waals surface area (Å²) < 4.78 is 11.0. The number of hydrogen-bond donors (Lipinski definition) is 1. The molecule has 2 aromatic carbocycles. The summed E-state index contributed by atoms with van der Waals surface area (Å²) in [5, 5.41) is 3.11. The standard InChI is InChI=1S/C15H17NO2/c1-16-11-12-7-9-13(10-8-12)18-15-6-4-3-5-14(15)17-2/h3-10,16H,11H2,1-2H3. The van der Waals surface area contributed by atoms with E-state index in [2.05, 4.69) is 5.32 Å². The molecule has 0 aliphatic carbocycles. The molecular weight excluding hydrogens is 226 g/mol. The third-order valence-electron chi connectivity index (χ3n) is 2.60. The van der Waals surface area contributed by atoms with E-state index in [0.717, 1.165) is 23.8 Å². The van der Waals surface area contributed by atoms with Crippen molar-refractivity contribution in [3.63, 3.8) is 0 Å². The van der Waals surface area contributed by atoms with E-state index in [1.54, 1.807) is 7.11 Å². The molecule has 0 radical (unpaired) electrons. The van der Waals surface area contributed by atoms with E-state index in [0.29, 0.717) is 0 Å². The molecule has 0 aliphatic heterocycles. The predicted octanol–water partition coefficient (Wildman–Crippen LogP) is 3.21. The molecule has 0 bridgehead atoms. The van der Waals surface area contributed by atoms with Crippen LogP contribution in [0.15, 0.2) is 48.5 Å². The van der Waals surface area contributed by atoms with Gasteiger partial charge in [-0.2, -0.15) is 0 Å². The monoisotopic (exact) mass is 243 g/mol. The van der Waals surface area contributed by atoms with Gasteiger partial charge in [0.2, 0.25) is 0 Å². The number of nitrogens with one attached hydrogen (secondary N) is 1. The van der Waals surface area contributed by atoms with Gasteiger partial charge in [0.25, 0.3) is 0 Å². The zero-order chi connectivity index (χ0) is 12.8. The maximum absolute atomic E-state index is 5.79. The van der Waals surface area contributed by atoms with Gasteiger partial charge in [0.1, 0.15) is 5.75 Å². The number of methoxy groups -OCH3 is 1. The predicted molar refractivity (Wildman–Crippen MR) is 72.3 cm³/mol. The van der Waals surface area contributed by atoms with Crippen LogP contribution in [0.2, 0.25) is 0 Å². The van der Waals surface area contributed by atoms with Crippen molar-refractivity contribution in [3.05, 3.63) is 54.1 Å². The van der Waals surface area contributed by atoms with Gasteiger partial charge in [-0.3, -0.25) is 0 Å². The average molecular weight is 243 g/mol. The fourth-order valence-corrected chi connectivity index (χ4v) is 1.71. The van der Waals surface area contributed by atoms with E-state index >= 15 is 0 Å². The van der Waals surface area contributed by atoms with Crippen molar-refractivity contribution in [2.75, 3.05) is 14.2 Å². The Kier molecular flexibility index (Phi) is 4.20. The van der Waals surface area contributed by atoms with Crippen LogP contribution < -0.4 is 14.8 Å². The molecule has 18 heavy (non-hydrogen) atoms. The van der Waals surface area contributed by atoms with Gasteiger partial charge in [-0.1, -0.05) is 24.3 Å². The minimum atomic E-state index is 0.723. The molecule has 1 N–H and O–H groups in total. The second kappa shape index (κ2) is 6.07. The van der Waals surface area contributed by atoms with Gasteiger partial charge in [-0.25, -0.2) is 0 Å². The maximum atomic E-state index is 5.79. The van der Waals surface area contributed by atoms with Crippen molar-refractivity contribution in [1.29, 1.82) is 0 Å². The zero-order valence-corrected chi connectivity index (χ0v) is 10.6. The fourth-order valence-electron chi connectivity index (χ4n) is 1.71. The second-order valence-corrected chi connectivity index (χ2v) is 3.93. The lowest BCUT2D eigenvalue weighted by Crippen LogP contribution is -2.04. The Morgan fingerprint density at radius 1 is 0.944 bits per heavy atom. The molecule has 0 atom stereocenters. The van der Waals surface area contributed by atoms with Crippen LogP contribution in [0.3, 0.4) is 0 Å². The molecular formula is C15H17NO2. The molecule has 3 heteroatoms. The van der Waals surface area contributed by atoms with Crippen molar-refractivity contribution >= 4 is 0 Å². The molecule has 0 saturated heterocycles. The van der Waals surface area contributed by atoms with Gasteiger partial charge in [0, 0.05) is 6.54 Å². The average Bonchev–Trinajstić information content (AvgIpc) is 2.42. The van der Waals surface area contributed by atoms with Crippen LogP contribution in [0.4, 0.5) is 0 Å². The number of rotatable bonds is 5. The molecule has 0 saturated carbocycles. The van der Waals surface area contributed by atoms with Crippen LogP contribution in [0.1, 0.15) is 5.56 Å². The largest absolute Gasteiger partial charge is 0.493 e. The number of para-hydroxylation sites is 2. The first-order chi connectivity index (χ1) is 8.83. The summed E-state index contributed by atoms with van der Waals surface area (Å²) in [6.45, 7) is 0.856. The number of hydrogen-bond acceptors (Lipinski definition) is 3. The highest BCUT2D eigenvalue weighted by molar-refractivity contribution is 5.42. The first-order valence-electron chi connectivity index (χ1n) is 5.88. The summed E-state index contributed by atoms with van der Waals surface area (Å²) in [5.74, 6) is 2.26. The van der Waals surface area contributed by atoms with Gasteiger partial charge in [-0.05, 0) is 36.9 Å². The molecule has 94 valence electrons. The van der Waals surface area contributed by atoms with Crippen molar-refractivity contribution in [3.8, 4) is 17.2 Å². The van der Waals surface area contributed by atoms with E-state index in [1.807, 2.05) is 55.6 Å². The smallest absolute Gasteiger partial charge is 0.169 e. The minimum Gasteiger partial charge on any atom is -0.493 e. The van der Waals surface area contributed by atoms with Gasteiger partial charge >= 0.3 is 0 Å². The molecule has 2 aromatic rings. The van der Waals surface area contributed by atoms with Crippen molar-refractivity contribution in [2.45, 2.75) is 6.54 Å². The summed E-state index contributed by atoms with van der Waals surface area (Å²) in [4.78, 5) is 0. The fraction of sp³-hybridized carbons (Fsp3) is 0.200. The van der Waals surface area contributed by atoms with Gasteiger partial charge in [0.05, 0.1) is 7.11 Å². The third kappa shape index (κ3) is 3.02. The first-order valence-corrected chi connectivity index (χ1v) is 5.88. The van der Waals surface area contributed by atoms with Crippen LogP contribution in [0.5, 0.6) is 17.2 Å². The van der Waals surface area contributed by atoms with Crippen molar-refractivity contribution in [2.24, 2.45) is 0 Å². The maximum Gasteiger partial charge on any atom is 0.169 e. The normalized spacial score (nSPS) is 10.1. The summed E-state index contributed by atoms with van der Waals surface area (Å²) in [7, 11) is 3.57. The first kappa shape index (κ1) is 12.5. The van der Waals surface area contributed by atoms with E-state index in [9.17, 15) is 0 Å². The molecule has 0 fully saturated rings. The lowest BCUT2D eigenvalue weighted by atomic mass is 10.2. The topological polar surface area (TPSA) is 30.5 Å². The van der Waals surface area contributed by atoms with Crippen LogP contribution in [-0.4, -0.2) is 14.2 Å². The lowest BCUT2D eigenvalue weighted by molar-refractivity contribution is 0.379. The molecule has 0 aliphatic rings. The van der Waals surface area contributed by atoms with E-state index < -0.39 is 0 Å². The van der Waals surface area contributed by atoms with Crippen molar-refractivity contribution in [1.82, 2.24) is 5.32 Å². The quantitative estimate of drug-likeness (QED) is 0.874.